The maximum absolute atomic E-state index is 12.5. The van der Waals surface area contributed by atoms with Crippen LogP contribution in [0.25, 0.3) is 6.08 Å². The lowest BCUT2D eigenvalue weighted by molar-refractivity contribution is -0.145. The number of esters is 1. The molecule has 5 nitrogen and oxygen atoms in total. The number of carbonyl (C=O) groups is 2. The Morgan fingerprint density at radius 3 is 2.50 bits per heavy atom. The summed E-state index contributed by atoms with van der Waals surface area (Å²) in [6, 6.07) is 15.0. The fourth-order valence-corrected chi connectivity index (χ4v) is 2.26. The van der Waals surface area contributed by atoms with Crippen molar-refractivity contribution in [3.63, 3.8) is 0 Å². The Balaban J connectivity index is 2.26. The average Bonchev–Trinajstić information content (AvgIpc) is 2.65. The van der Waals surface area contributed by atoms with Gasteiger partial charge in [-0.3, -0.25) is 4.79 Å². The second kappa shape index (κ2) is 9.40. The summed E-state index contributed by atoms with van der Waals surface area (Å²) in [5.41, 5.74) is 0.808. The van der Waals surface area contributed by atoms with E-state index in [9.17, 15) is 14.9 Å². The van der Waals surface area contributed by atoms with E-state index in [1.165, 1.54) is 6.08 Å². The van der Waals surface area contributed by atoms with E-state index >= 15 is 0 Å². The fraction of sp³-hybridized carbons (Fsp3) is 0.150. The molecule has 0 atom stereocenters. The average molecular weight is 370 g/mol. The number of ketones is 1. The second-order valence-electron chi connectivity index (χ2n) is 5.14. The van der Waals surface area contributed by atoms with E-state index < -0.39 is 11.8 Å². The van der Waals surface area contributed by atoms with Crippen molar-refractivity contribution in [3.05, 3.63) is 70.3 Å². The summed E-state index contributed by atoms with van der Waals surface area (Å²) in [5, 5.41) is 9.87. The molecule has 2 rings (SSSR count). The highest BCUT2D eigenvalue weighted by Crippen LogP contribution is 2.22. The summed E-state index contributed by atoms with van der Waals surface area (Å²) in [5.74, 6) is -0.550. The number of allylic oxidation sites excluding steroid dienone is 1. The second-order valence-corrected chi connectivity index (χ2v) is 5.57. The zero-order valence-electron chi connectivity index (χ0n) is 14.1. The summed E-state index contributed by atoms with van der Waals surface area (Å²) in [7, 11) is 0. The number of hydrogen-bond donors (Lipinski definition) is 0. The van der Waals surface area contributed by atoms with Crippen LogP contribution in [-0.4, -0.2) is 25.0 Å². The lowest BCUT2D eigenvalue weighted by Gasteiger charge is -2.09. The molecule has 0 bridgehead atoms. The van der Waals surface area contributed by atoms with Gasteiger partial charge in [-0.25, -0.2) is 4.79 Å². The van der Waals surface area contributed by atoms with Gasteiger partial charge in [-0.2, -0.15) is 5.26 Å². The zero-order valence-corrected chi connectivity index (χ0v) is 14.8. The third-order valence-corrected chi connectivity index (χ3v) is 3.59. The minimum atomic E-state index is -0.496. The van der Waals surface area contributed by atoms with Crippen molar-refractivity contribution in [2.75, 3.05) is 13.2 Å². The highest BCUT2D eigenvalue weighted by Gasteiger charge is 2.14. The van der Waals surface area contributed by atoms with Gasteiger partial charge in [0.25, 0.3) is 0 Å². The molecule has 0 unspecified atom stereocenters. The summed E-state index contributed by atoms with van der Waals surface area (Å²) >= 11 is 5.82. The Labute approximate surface area is 156 Å². The van der Waals surface area contributed by atoms with Crippen LogP contribution in [0, 0.1) is 11.3 Å². The van der Waals surface area contributed by atoms with Crippen LogP contribution in [0.5, 0.6) is 5.75 Å². The molecular weight excluding hydrogens is 354 g/mol. The van der Waals surface area contributed by atoms with Crippen molar-refractivity contribution in [2.45, 2.75) is 6.92 Å². The molecule has 0 saturated carbocycles. The first kappa shape index (κ1) is 19.2. The first-order chi connectivity index (χ1) is 12.5. The summed E-state index contributed by atoms with van der Waals surface area (Å²) in [4.78, 5) is 24.0. The molecule has 0 aliphatic carbocycles. The lowest BCUT2D eigenvalue weighted by atomic mass is 10.0. The van der Waals surface area contributed by atoms with E-state index in [4.69, 9.17) is 21.1 Å². The van der Waals surface area contributed by atoms with Crippen LogP contribution in [0.3, 0.4) is 0 Å². The number of halogens is 1. The van der Waals surface area contributed by atoms with E-state index in [1.807, 2.05) is 6.07 Å². The van der Waals surface area contributed by atoms with Gasteiger partial charge in [0.15, 0.2) is 6.61 Å². The molecule has 6 heteroatoms. The fourth-order valence-electron chi connectivity index (χ4n) is 2.13. The highest BCUT2D eigenvalue weighted by atomic mass is 35.5. The minimum Gasteiger partial charge on any atom is -0.481 e. The van der Waals surface area contributed by atoms with Crippen molar-refractivity contribution in [3.8, 4) is 11.8 Å². The summed E-state index contributed by atoms with van der Waals surface area (Å²) in [6.07, 6.45) is 1.43. The Kier molecular flexibility index (Phi) is 6.95. The smallest absolute Gasteiger partial charge is 0.344 e. The topological polar surface area (TPSA) is 76.4 Å². The van der Waals surface area contributed by atoms with Gasteiger partial charge in [-0.05, 0) is 43.3 Å². The van der Waals surface area contributed by atoms with Crippen LogP contribution in [0.15, 0.2) is 54.1 Å². The predicted octanol–water partition coefficient (Wildman–Crippen LogP) is 4.07. The van der Waals surface area contributed by atoms with Crippen LogP contribution in [0.4, 0.5) is 0 Å². The number of carbonyl (C=O) groups excluding carboxylic acids is 2. The van der Waals surface area contributed by atoms with Gasteiger partial charge in [0.05, 0.1) is 6.61 Å². The predicted molar refractivity (Wildman–Crippen MR) is 97.9 cm³/mol. The Bertz CT molecular complexity index is 866. The molecule has 0 N–H and O–H groups in total. The lowest BCUT2D eigenvalue weighted by Crippen LogP contribution is -2.15. The van der Waals surface area contributed by atoms with Gasteiger partial charge in [-0.15, -0.1) is 0 Å². The van der Waals surface area contributed by atoms with Crippen LogP contribution >= 0.6 is 11.6 Å². The molecule has 26 heavy (non-hydrogen) atoms. The van der Waals surface area contributed by atoms with Crippen molar-refractivity contribution < 1.29 is 19.1 Å². The van der Waals surface area contributed by atoms with Crippen molar-refractivity contribution in [1.82, 2.24) is 0 Å². The van der Waals surface area contributed by atoms with Crippen molar-refractivity contribution in [2.24, 2.45) is 0 Å². The molecule has 0 heterocycles. The first-order valence-corrected chi connectivity index (χ1v) is 8.22. The number of para-hydroxylation sites is 1. The SMILES string of the molecule is CCOC(=O)COc1ccccc1/C=C(\C#N)C(=O)c1ccc(Cl)cc1. The van der Waals surface area contributed by atoms with Crippen LogP contribution in [0.2, 0.25) is 5.02 Å². The maximum Gasteiger partial charge on any atom is 0.344 e. The molecule has 0 spiro atoms. The van der Waals surface area contributed by atoms with Gasteiger partial charge in [-0.1, -0.05) is 29.8 Å². The van der Waals surface area contributed by atoms with Gasteiger partial charge < -0.3 is 9.47 Å². The van der Waals surface area contributed by atoms with Gasteiger partial charge in [0.1, 0.15) is 17.4 Å². The van der Waals surface area contributed by atoms with E-state index in [1.54, 1.807) is 55.5 Å². The number of nitrogens with zero attached hydrogens (tertiary/aromatic N) is 1. The third-order valence-electron chi connectivity index (χ3n) is 3.34. The molecule has 2 aromatic carbocycles. The molecule has 2 aromatic rings. The highest BCUT2D eigenvalue weighted by molar-refractivity contribution is 6.30. The van der Waals surface area contributed by atoms with Gasteiger partial charge >= 0.3 is 5.97 Å². The first-order valence-electron chi connectivity index (χ1n) is 7.84. The molecule has 0 aliphatic rings. The molecule has 0 fully saturated rings. The number of rotatable bonds is 7. The molecule has 0 amide bonds. The summed E-state index contributed by atoms with van der Waals surface area (Å²) in [6.45, 7) is 1.71. The van der Waals surface area contributed by atoms with E-state index in [0.29, 0.717) is 21.9 Å². The number of ether oxygens (including phenoxy) is 2. The summed E-state index contributed by atoms with van der Waals surface area (Å²) < 4.78 is 10.3. The standard InChI is InChI=1S/C20H16ClNO4/c1-2-25-19(23)13-26-18-6-4-3-5-15(18)11-16(12-22)20(24)14-7-9-17(21)10-8-14/h3-11H,2,13H2,1H3/b16-11+. The Hall–Kier alpha value is -3.10. The maximum atomic E-state index is 12.5. The molecule has 0 saturated heterocycles. The van der Waals surface area contributed by atoms with Crippen LogP contribution in [0.1, 0.15) is 22.8 Å². The van der Waals surface area contributed by atoms with Gasteiger partial charge in [0.2, 0.25) is 5.78 Å². The quantitative estimate of drug-likeness (QED) is 0.318. The normalized spacial score (nSPS) is 10.7. The van der Waals surface area contributed by atoms with Crippen molar-refractivity contribution in [1.29, 1.82) is 5.26 Å². The van der Waals surface area contributed by atoms with Crippen LogP contribution in [-0.2, 0) is 9.53 Å². The van der Waals surface area contributed by atoms with E-state index in [0.717, 1.165) is 0 Å². The number of benzene rings is 2. The monoisotopic (exact) mass is 369 g/mol. The van der Waals surface area contributed by atoms with E-state index in [-0.39, 0.29) is 18.8 Å². The molecule has 0 aromatic heterocycles. The largest absolute Gasteiger partial charge is 0.481 e. The molecule has 0 radical (unpaired) electrons. The van der Waals surface area contributed by atoms with E-state index in [2.05, 4.69) is 0 Å². The van der Waals surface area contributed by atoms with Crippen LogP contribution < -0.4 is 4.74 Å². The molecule has 0 aliphatic heterocycles. The Morgan fingerprint density at radius 1 is 1.15 bits per heavy atom. The molecule has 132 valence electrons. The van der Waals surface area contributed by atoms with Crippen molar-refractivity contribution >= 4 is 29.4 Å². The third kappa shape index (κ3) is 5.20. The van der Waals surface area contributed by atoms with Gasteiger partial charge in [0, 0.05) is 16.1 Å². The molecular formula is C20H16ClNO4. The zero-order chi connectivity index (χ0) is 18.9. The Morgan fingerprint density at radius 2 is 1.85 bits per heavy atom. The number of nitriles is 1. The number of hydrogen-bond acceptors (Lipinski definition) is 5. The minimum absolute atomic E-state index is 0.0560. The number of Topliss-reactive ketones (excluding diaryl/α,β-unsaturated/α-hetero) is 1.